The van der Waals surface area contributed by atoms with Gasteiger partial charge in [-0.25, -0.2) is 0 Å². The number of benzene rings is 1. The molecule has 100 valence electrons. The minimum Gasteiger partial charge on any atom is -0.396 e. The van der Waals surface area contributed by atoms with Gasteiger partial charge in [0.1, 0.15) is 0 Å². The second-order valence-electron chi connectivity index (χ2n) is 5.20. The number of hydrogen-bond acceptors (Lipinski definition) is 3. The fourth-order valence-electron chi connectivity index (χ4n) is 2.66. The van der Waals surface area contributed by atoms with Crippen molar-refractivity contribution in [2.75, 3.05) is 24.6 Å². The molecular weight excluding hydrogens is 224 g/mol. The van der Waals surface area contributed by atoms with Crippen LogP contribution >= 0.6 is 0 Å². The number of aryl methyl sites for hydroxylation is 1. The third-order valence-electron chi connectivity index (χ3n) is 3.64. The summed E-state index contributed by atoms with van der Waals surface area (Å²) < 4.78 is 0. The van der Waals surface area contributed by atoms with Gasteiger partial charge in [0.15, 0.2) is 0 Å². The second kappa shape index (κ2) is 6.21. The molecule has 1 aliphatic rings. The van der Waals surface area contributed by atoms with Gasteiger partial charge in [-0.2, -0.15) is 0 Å². The Hall–Kier alpha value is -1.06. The monoisotopic (exact) mass is 248 g/mol. The number of aliphatic hydroxyl groups is 1. The summed E-state index contributed by atoms with van der Waals surface area (Å²) in [6, 6.07) is 9.72. The van der Waals surface area contributed by atoms with Crippen molar-refractivity contribution in [2.24, 2.45) is 0 Å². The number of rotatable bonds is 4. The van der Waals surface area contributed by atoms with Crippen molar-refractivity contribution in [1.82, 2.24) is 5.32 Å². The van der Waals surface area contributed by atoms with Crippen molar-refractivity contribution in [3.63, 3.8) is 0 Å². The van der Waals surface area contributed by atoms with E-state index in [0.29, 0.717) is 12.1 Å². The van der Waals surface area contributed by atoms with E-state index in [0.717, 1.165) is 25.9 Å². The van der Waals surface area contributed by atoms with E-state index >= 15 is 0 Å². The Morgan fingerprint density at radius 3 is 2.61 bits per heavy atom. The van der Waals surface area contributed by atoms with Gasteiger partial charge in [0.05, 0.1) is 0 Å². The Labute approximate surface area is 110 Å². The molecule has 1 aromatic carbocycles. The fourth-order valence-corrected chi connectivity index (χ4v) is 2.66. The molecule has 0 spiro atoms. The van der Waals surface area contributed by atoms with Crippen LogP contribution in [0, 0.1) is 0 Å². The van der Waals surface area contributed by atoms with Crippen molar-refractivity contribution in [1.29, 1.82) is 0 Å². The van der Waals surface area contributed by atoms with Crippen LogP contribution in [0.1, 0.15) is 25.8 Å². The molecular formula is C15H24N2O. The average Bonchev–Trinajstić information content (AvgIpc) is 2.38. The molecule has 2 atom stereocenters. The first-order valence-electron chi connectivity index (χ1n) is 6.93. The third kappa shape index (κ3) is 3.24. The first-order chi connectivity index (χ1) is 8.72. The molecule has 1 fully saturated rings. The number of nitrogens with one attached hydrogen (secondary N) is 1. The summed E-state index contributed by atoms with van der Waals surface area (Å²) in [5.74, 6) is 0. The Morgan fingerprint density at radius 2 is 2.00 bits per heavy atom. The molecule has 1 aliphatic heterocycles. The number of nitrogens with zero attached hydrogens (tertiary/aromatic N) is 1. The molecule has 2 N–H and O–H groups in total. The normalized spacial score (nSPS) is 24.3. The summed E-state index contributed by atoms with van der Waals surface area (Å²) in [6.07, 6.45) is 1.92. The van der Waals surface area contributed by atoms with Gasteiger partial charge >= 0.3 is 0 Å². The zero-order chi connectivity index (χ0) is 13.0. The zero-order valence-corrected chi connectivity index (χ0v) is 11.4. The van der Waals surface area contributed by atoms with Gasteiger partial charge < -0.3 is 15.3 Å². The molecule has 0 aliphatic carbocycles. The summed E-state index contributed by atoms with van der Waals surface area (Å²) >= 11 is 0. The van der Waals surface area contributed by atoms with Gasteiger partial charge in [-0.1, -0.05) is 19.1 Å². The van der Waals surface area contributed by atoms with Gasteiger partial charge in [-0.15, -0.1) is 0 Å². The van der Waals surface area contributed by atoms with Crippen LogP contribution in [0.2, 0.25) is 0 Å². The predicted molar refractivity (Wildman–Crippen MR) is 76.1 cm³/mol. The number of anilines is 1. The highest BCUT2D eigenvalue weighted by molar-refractivity contribution is 5.48. The van der Waals surface area contributed by atoms with Gasteiger partial charge in [-0.3, -0.25) is 0 Å². The molecule has 1 heterocycles. The highest BCUT2D eigenvalue weighted by Gasteiger charge is 2.23. The smallest absolute Gasteiger partial charge is 0.0446 e. The van der Waals surface area contributed by atoms with Gasteiger partial charge in [-0.05, 0) is 37.5 Å². The Morgan fingerprint density at radius 1 is 1.28 bits per heavy atom. The molecule has 0 saturated carbocycles. The Kier molecular flexibility index (Phi) is 4.61. The molecule has 0 amide bonds. The second-order valence-corrected chi connectivity index (χ2v) is 5.20. The van der Waals surface area contributed by atoms with E-state index in [9.17, 15) is 0 Å². The molecule has 3 heteroatoms. The molecule has 0 bridgehead atoms. The lowest BCUT2D eigenvalue weighted by Crippen LogP contribution is -2.55. The minimum atomic E-state index is 0.257. The molecule has 2 unspecified atom stereocenters. The van der Waals surface area contributed by atoms with E-state index in [1.54, 1.807) is 0 Å². The first kappa shape index (κ1) is 13.4. The van der Waals surface area contributed by atoms with Crippen molar-refractivity contribution < 1.29 is 5.11 Å². The maximum absolute atomic E-state index is 9.07. The lowest BCUT2D eigenvalue weighted by atomic mass is 10.1. The van der Waals surface area contributed by atoms with Gasteiger partial charge in [0.25, 0.3) is 0 Å². The summed E-state index contributed by atoms with van der Waals surface area (Å²) in [4.78, 5) is 2.42. The van der Waals surface area contributed by atoms with Crippen molar-refractivity contribution in [3.8, 4) is 0 Å². The highest BCUT2D eigenvalue weighted by Crippen LogP contribution is 2.19. The van der Waals surface area contributed by atoms with E-state index < -0.39 is 0 Å². The van der Waals surface area contributed by atoms with E-state index in [4.69, 9.17) is 5.11 Å². The van der Waals surface area contributed by atoms with Crippen LogP contribution in [0.5, 0.6) is 0 Å². The van der Waals surface area contributed by atoms with Crippen LogP contribution in [0.4, 0.5) is 5.69 Å². The topological polar surface area (TPSA) is 35.5 Å². The Balaban J connectivity index is 2.06. The molecule has 1 aromatic rings. The standard InChI is InChI=1S/C15H24N2O/c1-3-13-4-6-15(7-5-13)17-10-12(2)16-14(11-17)8-9-18/h4-7,12,14,16,18H,3,8-11H2,1-2H3. The maximum atomic E-state index is 9.07. The Bertz CT molecular complexity index is 363. The van der Waals surface area contributed by atoms with Crippen LogP contribution in [-0.2, 0) is 6.42 Å². The summed E-state index contributed by atoms with van der Waals surface area (Å²) in [7, 11) is 0. The van der Waals surface area contributed by atoms with Crippen LogP contribution in [0.25, 0.3) is 0 Å². The van der Waals surface area contributed by atoms with E-state index in [1.807, 2.05) is 0 Å². The van der Waals surface area contributed by atoms with Crippen LogP contribution < -0.4 is 10.2 Å². The SMILES string of the molecule is CCc1ccc(N2CC(C)NC(CCO)C2)cc1. The third-order valence-corrected chi connectivity index (χ3v) is 3.64. The lowest BCUT2D eigenvalue weighted by Gasteiger charge is -2.39. The molecule has 3 nitrogen and oxygen atoms in total. The van der Waals surface area contributed by atoms with E-state index in [1.165, 1.54) is 11.3 Å². The van der Waals surface area contributed by atoms with Gasteiger partial charge in [0, 0.05) is 37.5 Å². The zero-order valence-electron chi connectivity index (χ0n) is 11.4. The van der Waals surface area contributed by atoms with Gasteiger partial charge in [0.2, 0.25) is 0 Å². The molecule has 1 saturated heterocycles. The predicted octanol–water partition coefficient (Wildman–Crippen LogP) is 1.80. The first-order valence-corrected chi connectivity index (χ1v) is 6.93. The number of piperazine rings is 1. The highest BCUT2D eigenvalue weighted by atomic mass is 16.3. The molecule has 18 heavy (non-hydrogen) atoms. The summed E-state index contributed by atoms with van der Waals surface area (Å²) in [5.41, 5.74) is 2.68. The van der Waals surface area contributed by atoms with E-state index in [-0.39, 0.29) is 6.61 Å². The summed E-state index contributed by atoms with van der Waals surface area (Å²) in [5, 5.41) is 12.6. The number of aliphatic hydroxyl groups excluding tert-OH is 1. The molecule has 0 radical (unpaired) electrons. The molecule has 0 aromatic heterocycles. The fraction of sp³-hybridized carbons (Fsp3) is 0.600. The number of hydrogen-bond donors (Lipinski definition) is 2. The van der Waals surface area contributed by atoms with Crippen LogP contribution in [0.15, 0.2) is 24.3 Å². The summed E-state index contributed by atoms with van der Waals surface area (Å²) in [6.45, 7) is 6.66. The van der Waals surface area contributed by atoms with Crippen molar-refractivity contribution in [3.05, 3.63) is 29.8 Å². The van der Waals surface area contributed by atoms with Crippen LogP contribution in [0.3, 0.4) is 0 Å². The van der Waals surface area contributed by atoms with Crippen molar-refractivity contribution >= 4 is 5.69 Å². The lowest BCUT2D eigenvalue weighted by molar-refractivity contribution is 0.250. The average molecular weight is 248 g/mol. The quantitative estimate of drug-likeness (QED) is 0.853. The van der Waals surface area contributed by atoms with E-state index in [2.05, 4.69) is 48.3 Å². The van der Waals surface area contributed by atoms with Crippen molar-refractivity contribution in [2.45, 2.75) is 38.8 Å². The minimum absolute atomic E-state index is 0.257. The van der Waals surface area contributed by atoms with Crippen LogP contribution in [-0.4, -0.2) is 36.9 Å². The molecule has 2 rings (SSSR count). The largest absolute Gasteiger partial charge is 0.396 e. The maximum Gasteiger partial charge on any atom is 0.0446 e.